The molecule has 0 atom stereocenters. The lowest BCUT2D eigenvalue weighted by molar-refractivity contribution is -0.136. The topological polar surface area (TPSA) is 75.9 Å². The van der Waals surface area contributed by atoms with Crippen LogP contribution >= 0.6 is 31.9 Å². The van der Waals surface area contributed by atoms with Crippen LogP contribution < -0.4 is 16.4 Å². The molecule has 0 radical (unpaired) electrons. The maximum absolute atomic E-state index is 13.0. The van der Waals surface area contributed by atoms with Crippen molar-refractivity contribution >= 4 is 60.7 Å². The number of hydrogen-bond acceptors (Lipinski definition) is 5. The van der Waals surface area contributed by atoms with E-state index in [1.54, 1.807) is 0 Å². The van der Waals surface area contributed by atoms with Crippen LogP contribution in [0.1, 0.15) is 5.56 Å². The molecule has 3 aromatic rings. The number of rotatable bonds is 4. The van der Waals surface area contributed by atoms with Gasteiger partial charge in [0.2, 0.25) is 5.95 Å². The summed E-state index contributed by atoms with van der Waals surface area (Å²) in [4.78, 5) is 8.37. The van der Waals surface area contributed by atoms with Gasteiger partial charge in [-0.05, 0) is 58.4 Å². The second-order valence-electron chi connectivity index (χ2n) is 5.45. The largest absolute Gasteiger partial charge is 0.418 e. The number of aromatic nitrogens is 2. The maximum Gasteiger partial charge on any atom is 0.418 e. The van der Waals surface area contributed by atoms with Crippen LogP contribution in [0.3, 0.4) is 0 Å². The molecule has 140 valence electrons. The quantitative estimate of drug-likeness (QED) is 0.376. The summed E-state index contributed by atoms with van der Waals surface area (Å²) < 4.78 is 40.5. The van der Waals surface area contributed by atoms with Gasteiger partial charge < -0.3 is 16.4 Å². The zero-order valence-electron chi connectivity index (χ0n) is 13.5. The molecule has 0 aliphatic rings. The van der Waals surface area contributed by atoms with Gasteiger partial charge in [0.05, 0.1) is 10.0 Å². The molecular formula is C17H12Br2F3N5. The number of nitrogens with two attached hydrogens (primary N) is 1. The van der Waals surface area contributed by atoms with E-state index in [-0.39, 0.29) is 17.3 Å². The summed E-state index contributed by atoms with van der Waals surface area (Å²) in [6, 6.07) is 11.0. The lowest BCUT2D eigenvalue weighted by atomic mass is 10.1. The molecule has 0 spiro atoms. The first-order valence-electron chi connectivity index (χ1n) is 7.51. The summed E-state index contributed by atoms with van der Waals surface area (Å²) in [6.45, 7) is 0. The van der Waals surface area contributed by atoms with E-state index >= 15 is 0 Å². The van der Waals surface area contributed by atoms with Gasteiger partial charge in [0.1, 0.15) is 5.82 Å². The lowest BCUT2D eigenvalue weighted by Crippen LogP contribution is -2.10. The van der Waals surface area contributed by atoms with Gasteiger partial charge in [0.15, 0.2) is 0 Å². The van der Waals surface area contributed by atoms with E-state index in [2.05, 4.69) is 52.5 Å². The zero-order valence-corrected chi connectivity index (χ0v) is 16.7. The van der Waals surface area contributed by atoms with Gasteiger partial charge in [-0.3, -0.25) is 0 Å². The van der Waals surface area contributed by atoms with Gasteiger partial charge >= 0.3 is 6.18 Å². The first-order chi connectivity index (χ1) is 12.7. The summed E-state index contributed by atoms with van der Waals surface area (Å²) in [5, 5.41) is 5.87. The summed E-state index contributed by atoms with van der Waals surface area (Å²) in [5.41, 5.74) is 5.11. The molecule has 0 aliphatic carbocycles. The van der Waals surface area contributed by atoms with Crippen molar-refractivity contribution in [2.24, 2.45) is 0 Å². The van der Waals surface area contributed by atoms with Crippen molar-refractivity contribution < 1.29 is 13.2 Å². The van der Waals surface area contributed by atoms with Crippen molar-refractivity contribution in [1.29, 1.82) is 0 Å². The molecular weight excluding hydrogens is 491 g/mol. The Morgan fingerprint density at radius 1 is 0.926 bits per heavy atom. The molecule has 0 unspecified atom stereocenters. The number of hydrogen-bond donors (Lipinski definition) is 3. The van der Waals surface area contributed by atoms with E-state index in [9.17, 15) is 13.2 Å². The van der Waals surface area contributed by atoms with Crippen LogP contribution in [-0.2, 0) is 6.18 Å². The number of nitrogen functional groups attached to an aromatic ring is 1. The Balaban J connectivity index is 1.85. The van der Waals surface area contributed by atoms with Crippen LogP contribution in [-0.4, -0.2) is 9.97 Å². The molecule has 0 amide bonds. The van der Waals surface area contributed by atoms with Gasteiger partial charge in [0, 0.05) is 27.7 Å². The molecule has 2 aromatic carbocycles. The molecule has 1 aromatic heterocycles. The number of nitrogens with one attached hydrogen (secondary N) is 2. The minimum absolute atomic E-state index is 0.135. The average Bonchev–Trinajstić information content (AvgIpc) is 2.60. The second-order valence-corrected chi connectivity index (χ2v) is 7.22. The van der Waals surface area contributed by atoms with Gasteiger partial charge in [-0.15, -0.1) is 0 Å². The number of alkyl halides is 3. The third kappa shape index (κ3) is 4.89. The number of halogens is 5. The Bertz CT molecular complexity index is 962. The molecule has 0 aliphatic heterocycles. The van der Waals surface area contributed by atoms with Crippen LogP contribution in [0.2, 0.25) is 0 Å². The first-order valence-corrected chi connectivity index (χ1v) is 9.10. The van der Waals surface area contributed by atoms with Crippen LogP contribution in [0.5, 0.6) is 0 Å². The van der Waals surface area contributed by atoms with Crippen LogP contribution in [0.25, 0.3) is 0 Å². The number of benzene rings is 2. The highest BCUT2D eigenvalue weighted by molar-refractivity contribution is 9.10. The average molecular weight is 503 g/mol. The molecule has 4 N–H and O–H groups in total. The van der Waals surface area contributed by atoms with Crippen molar-refractivity contribution in [2.75, 3.05) is 16.4 Å². The molecule has 10 heteroatoms. The summed E-state index contributed by atoms with van der Waals surface area (Å²) >= 11 is 6.70. The smallest absolute Gasteiger partial charge is 0.398 e. The Labute approximate surface area is 169 Å². The minimum atomic E-state index is -4.54. The fraction of sp³-hybridized carbons (Fsp3) is 0.0588. The molecule has 1 heterocycles. The molecule has 27 heavy (non-hydrogen) atoms. The van der Waals surface area contributed by atoms with E-state index in [0.29, 0.717) is 10.3 Å². The van der Waals surface area contributed by atoms with Crippen LogP contribution in [0, 0.1) is 0 Å². The van der Waals surface area contributed by atoms with Crippen molar-refractivity contribution in [3.8, 4) is 0 Å². The Hall–Kier alpha value is -2.33. The summed E-state index contributed by atoms with van der Waals surface area (Å²) in [5.74, 6) is 0.594. The third-order valence-electron chi connectivity index (χ3n) is 3.47. The Kier molecular flexibility index (Phi) is 5.56. The summed E-state index contributed by atoms with van der Waals surface area (Å²) in [6.07, 6.45) is -3.05. The molecule has 0 fully saturated rings. The van der Waals surface area contributed by atoms with E-state index in [4.69, 9.17) is 5.73 Å². The summed E-state index contributed by atoms with van der Waals surface area (Å²) in [7, 11) is 0. The monoisotopic (exact) mass is 501 g/mol. The molecule has 0 saturated heterocycles. The van der Waals surface area contributed by atoms with E-state index in [1.807, 2.05) is 24.3 Å². The Morgan fingerprint density at radius 2 is 1.59 bits per heavy atom. The van der Waals surface area contributed by atoms with Crippen LogP contribution in [0.15, 0.2) is 57.6 Å². The van der Waals surface area contributed by atoms with Crippen molar-refractivity contribution in [1.82, 2.24) is 9.97 Å². The standard InChI is InChI=1S/C17H12Br2F3N5/c18-9-1-3-10(4-2-9)25-15-13(19)8-24-16(27-15)26-11-5-6-14(23)12(7-11)17(20,21)22/h1-8H,23H2,(H2,24,25,26,27). The van der Waals surface area contributed by atoms with E-state index in [1.165, 1.54) is 18.3 Å². The minimum Gasteiger partial charge on any atom is -0.398 e. The predicted molar refractivity (Wildman–Crippen MR) is 106 cm³/mol. The second kappa shape index (κ2) is 7.73. The fourth-order valence-corrected chi connectivity index (χ4v) is 2.75. The third-order valence-corrected chi connectivity index (χ3v) is 4.57. The fourth-order valence-electron chi connectivity index (χ4n) is 2.19. The molecule has 0 bridgehead atoms. The zero-order chi connectivity index (χ0) is 19.6. The predicted octanol–water partition coefficient (Wildman–Crippen LogP) is 6.09. The van der Waals surface area contributed by atoms with Gasteiger partial charge in [-0.1, -0.05) is 15.9 Å². The van der Waals surface area contributed by atoms with Crippen molar-refractivity contribution in [3.63, 3.8) is 0 Å². The first kappa shape index (κ1) is 19.4. The lowest BCUT2D eigenvalue weighted by Gasteiger charge is -2.13. The number of anilines is 5. The molecule has 5 nitrogen and oxygen atoms in total. The number of nitrogens with zero attached hydrogens (tertiary/aromatic N) is 2. The molecule has 0 saturated carbocycles. The highest BCUT2D eigenvalue weighted by atomic mass is 79.9. The highest BCUT2D eigenvalue weighted by Gasteiger charge is 2.33. The SMILES string of the molecule is Nc1ccc(Nc2ncc(Br)c(Nc3ccc(Br)cc3)n2)cc1C(F)(F)F. The van der Waals surface area contributed by atoms with Crippen LogP contribution in [0.4, 0.5) is 42.0 Å². The van der Waals surface area contributed by atoms with Crippen molar-refractivity contribution in [3.05, 3.63) is 63.2 Å². The van der Waals surface area contributed by atoms with Gasteiger partial charge in [-0.25, -0.2) is 4.98 Å². The Morgan fingerprint density at radius 3 is 2.26 bits per heavy atom. The van der Waals surface area contributed by atoms with Gasteiger partial charge in [-0.2, -0.15) is 18.2 Å². The normalized spacial score (nSPS) is 11.3. The van der Waals surface area contributed by atoms with E-state index in [0.717, 1.165) is 16.2 Å². The van der Waals surface area contributed by atoms with Crippen molar-refractivity contribution in [2.45, 2.75) is 6.18 Å². The van der Waals surface area contributed by atoms with E-state index < -0.39 is 11.7 Å². The molecule has 3 rings (SSSR count). The van der Waals surface area contributed by atoms with Gasteiger partial charge in [0.25, 0.3) is 0 Å². The highest BCUT2D eigenvalue weighted by Crippen LogP contribution is 2.35. The maximum atomic E-state index is 13.0.